The highest BCUT2D eigenvalue weighted by molar-refractivity contribution is 6.02. The number of rotatable bonds is 6. The van der Waals surface area contributed by atoms with Crippen LogP contribution < -0.4 is 14.9 Å². The minimum absolute atomic E-state index is 0.0170. The summed E-state index contributed by atoms with van der Waals surface area (Å²) in [6, 6.07) is 10.1. The van der Waals surface area contributed by atoms with E-state index >= 15 is 0 Å². The molecule has 0 unspecified atom stereocenters. The van der Waals surface area contributed by atoms with Crippen LogP contribution in [0.3, 0.4) is 0 Å². The lowest BCUT2D eigenvalue weighted by Gasteiger charge is -2.14. The van der Waals surface area contributed by atoms with Gasteiger partial charge in [0.05, 0.1) is 37.9 Å². The molecule has 180 valence electrons. The Kier molecular flexibility index (Phi) is 5.58. The van der Waals surface area contributed by atoms with Crippen molar-refractivity contribution in [3.63, 3.8) is 0 Å². The highest BCUT2D eigenvalue weighted by Gasteiger charge is 2.27. The van der Waals surface area contributed by atoms with Crippen LogP contribution in [0.4, 0.5) is 5.88 Å². The normalized spacial score (nSPS) is 11.3. The van der Waals surface area contributed by atoms with E-state index in [0.717, 1.165) is 0 Å². The monoisotopic (exact) mass is 486 g/mol. The first-order valence-corrected chi connectivity index (χ1v) is 10.6. The number of hydrogen-bond acceptors (Lipinski definition) is 10. The molecule has 5 aromatic rings. The van der Waals surface area contributed by atoms with Crippen LogP contribution in [0.15, 0.2) is 70.3 Å². The topological polar surface area (TPSA) is 144 Å². The predicted molar refractivity (Wildman–Crippen MR) is 128 cm³/mol. The Balaban J connectivity index is 1.75. The molecule has 5 rings (SSSR count). The van der Waals surface area contributed by atoms with Crippen molar-refractivity contribution in [2.75, 3.05) is 14.2 Å². The van der Waals surface area contributed by atoms with Crippen LogP contribution in [-0.4, -0.2) is 25.5 Å². The molecule has 0 fully saturated rings. The zero-order chi connectivity index (χ0) is 25.4. The van der Waals surface area contributed by atoms with E-state index in [9.17, 15) is 15.2 Å². The van der Waals surface area contributed by atoms with E-state index in [2.05, 4.69) is 11.1 Å². The lowest BCUT2D eigenvalue weighted by molar-refractivity contribution is 0.362. The second kappa shape index (κ2) is 8.88. The van der Waals surface area contributed by atoms with E-state index in [1.54, 1.807) is 31.2 Å². The highest BCUT2D eigenvalue weighted by Crippen LogP contribution is 2.45. The number of aliphatic imine (C=N–C) groups is 1. The molecule has 1 N–H and O–H groups in total. The summed E-state index contributed by atoms with van der Waals surface area (Å²) in [5.41, 5.74) is 0.0961. The second-order valence-corrected chi connectivity index (χ2v) is 7.57. The Morgan fingerprint density at radius 2 is 1.75 bits per heavy atom. The van der Waals surface area contributed by atoms with Crippen LogP contribution in [0.25, 0.3) is 33.8 Å². The van der Waals surface area contributed by atoms with Crippen molar-refractivity contribution in [1.29, 1.82) is 5.26 Å². The smallest absolute Gasteiger partial charge is 0.238 e. The van der Waals surface area contributed by atoms with Crippen molar-refractivity contribution >= 4 is 23.1 Å². The maximum Gasteiger partial charge on any atom is 0.238 e. The van der Waals surface area contributed by atoms with E-state index in [4.69, 9.17) is 27.1 Å². The SMILES string of the molecule is COc1c(O)c(/C=N/c2oc(-c3ccco3)c(-c3ccco3)c2C#N)c(OC)c2c(=O)cc(C)oc12. The maximum atomic E-state index is 12.8. The fraction of sp³-hybridized carbons (Fsp3) is 0.115. The van der Waals surface area contributed by atoms with Gasteiger partial charge in [0.15, 0.2) is 28.3 Å². The fourth-order valence-electron chi connectivity index (χ4n) is 3.95. The summed E-state index contributed by atoms with van der Waals surface area (Å²) in [7, 11) is 2.67. The third-order valence-corrected chi connectivity index (χ3v) is 5.45. The van der Waals surface area contributed by atoms with E-state index in [-0.39, 0.29) is 51.0 Å². The maximum absolute atomic E-state index is 12.8. The first kappa shape index (κ1) is 22.6. The number of benzene rings is 1. The predicted octanol–water partition coefficient (Wildman–Crippen LogP) is 5.56. The number of phenols is 1. The molecule has 0 bridgehead atoms. The molecule has 36 heavy (non-hydrogen) atoms. The molecule has 0 saturated carbocycles. The molecule has 4 aromatic heterocycles. The van der Waals surface area contributed by atoms with Crippen LogP contribution in [-0.2, 0) is 0 Å². The number of aryl methyl sites for hydroxylation is 1. The molecule has 0 aliphatic carbocycles. The van der Waals surface area contributed by atoms with Gasteiger partial charge in [-0.1, -0.05) is 0 Å². The van der Waals surface area contributed by atoms with Gasteiger partial charge in [-0.15, -0.1) is 0 Å². The van der Waals surface area contributed by atoms with Gasteiger partial charge in [0.2, 0.25) is 11.6 Å². The largest absolute Gasteiger partial charge is 0.504 e. The summed E-state index contributed by atoms with van der Waals surface area (Å²) in [6.45, 7) is 1.60. The van der Waals surface area contributed by atoms with Crippen molar-refractivity contribution in [3.05, 3.63) is 70.0 Å². The molecule has 0 amide bonds. The van der Waals surface area contributed by atoms with Gasteiger partial charge >= 0.3 is 0 Å². The zero-order valence-corrected chi connectivity index (χ0v) is 19.3. The lowest BCUT2D eigenvalue weighted by Crippen LogP contribution is -2.06. The van der Waals surface area contributed by atoms with Crippen LogP contribution in [0, 0.1) is 18.3 Å². The van der Waals surface area contributed by atoms with Gasteiger partial charge in [-0.05, 0) is 31.2 Å². The van der Waals surface area contributed by atoms with Crippen LogP contribution >= 0.6 is 0 Å². The van der Waals surface area contributed by atoms with Crippen LogP contribution in [0.5, 0.6) is 17.2 Å². The molecule has 0 atom stereocenters. The molecular formula is C26H18N2O8. The average molecular weight is 486 g/mol. The summed E-state index contributed by atoms with van der Waals surface area (Å²) < 4.78 is 33.3. The minimum Gasteiger partial charge on any atom is -0.504 e. The molecule has 0 aliphatic heterocycles. The van der Waals surface area contributed by atoms with Crippen molar-refractivity contribution in [3.8, 4) is 46.2 Å². The number of fused-ring (bicyclic) bond motifs is 1. The van der Waals surface area contributed by atoms with Gasteiger partial charge in [0.1, 0.15) is 34.3 Å². The number of methoxy groups -OCH3 is 2. The summed E-state index contributed by atoms with van der Waals surface area (Å²) >= 11 is 0. The van der Waals surface area contributed by atoms with Crippen molar-refractivity contribution in [1.82, 2.24) is 0 Å². The summed E-state index contributed by atoms with van der Waals surface area (Å²) in [4.78, 5) is 17.1. The summed E-state index contributed by atoms with van der Waals surface area (Å²) in [6.07, 6.45) is 4.15. The first-order chi connectivity index (χ1) is 17.5. The lowest BCUT2D eigenvalue weighted by atomic mass is 10.1. The number of phenolic OH excluding ortho intramolecular Hbond substituents is 1. The Morgan fingerprint density at radius 1 is 1.06 bits per heavy atom. The van der Waals surface area contributed by atoms with E-state index < -0.39 is 5.43 Å². The zero-order valence-electron chi connectivity index (χ0n) is 19.3. The molecule has 10 heteroatoms. The Hall–Kier alpha value is -5.17. The summed E-state index contributed by atoms with van der Waals surface area (Å²) in [5.74, 6) is 0.808. The average Bonchev–Trinajstić information content (AvgIpc) is 3.63. The molecule has 1 aromatic carbocycles. The van der Waals surface area contributed by atoms with Gasteiger partial charge in [-0.3, -0.25) is 4.79 Å². The Bertz CT molecular complexity index is 1700. The third kappa shape index (κ3) is 3.50. The Morgan fingerprint density at radius 3 is 2.36 bits per heavy atom. The van der Waals surface area contributed by atoms with Crippen molar-refractivity contribution in [2.24, 2.45) is 4.99 Å². The highest BCUT2D eigenvalue weighted by atomic mass is 16.5. The standard InChI is InChI=1S/C26H18N2O8/c1-13-10-16(29)20-22(31-2)15(21(30)25(32-3)24(20)35-13)12-28-26-14(11-27)19(17-6-4-8-33-17)23(36-26)18-7-5-9-34-18/h4-10,12,30H,1-3H3/b28-12+. The van der Waals surface area contributed by atoms with Crippen LogP contribution in [0.1, 0.15) is 16.9 Å². The third-order valence-electron chi connectivity index (χ3n) is 5.45. The summed E-state index contributed by atoms with van der Waals surface area (Å²) in [5, 5.41) is 21.0. The van der Waals surface area contributed by atoms with Gasteiger partial charge in [0, 0.05) is 12.3 Å². The number of ether oxygens (including phenoxy) is 2. The molecular weight excluding hydrogens is 468 g/mol. The second-order valence-electron chi connectivity index (χ2n) is 7.57. The number of hydrogen-bond donors (Lipinski definition) is 1. The van der Waals surface area contributed by atoms with Crippen LogP contribution in [0.2, 0.25) is 0 Å². The number of aromatic hydroxyl groups is 1. The van der Waals surface area contributed by atoms with Gasteiger partial charge in [-0.25, -0.2) is 4.99 Å². The number of nitriles is 1. The molecule has 4 heterocycles. The quantitative estimate of drug-likeness (QED) is 0.305. The molecule has 10 nitrogen and oxygen atoms in total. The molecule has 0 spiro atoms. The van der Waals surface area contributed by atoms with Gasteiger partial charge < -0.3 is 32.2 Å². The molecule has 0 aliphatic rings. The number of furan rings is 3. The Labute approximate surface area is 203 Å². The van der Waals surface area contributed by atoms with E-state index in [1.807, 2.05) is 0 Å². The first-order valence-electron chi connectivity index (χ1n) is 10.6. The van der Waals surface area contributed by atoms with Crippen molar-refractivity contribution < 1.29 is 32.2 Å². The van der Waals surface area contributed by atoms with E-state index in [1.165, 1.54) is 39.0 Å². The van der Waals surface area contributed by atoms with Crippen molar-refractivity contribution in [2.45, 2.75) is 6.92 Å². The molecule has 0 saturated heterocycles. The van der Waals surface area contributed by atoms with Gasteiger partial charge in [0.25, 0.3) is 0 Å². The minimum atomic E-state index is -0.394. The molecule has 0 radical (unpaired) electrons. The van der Waals surface area contributed by atoms with Gasteiger partial charge in [-0.2, -0.15) is 5.26 Å². The van der Waals surface area contributed by atoms with E-state index in [0.29, 0.717) is 22.8 Å². The number of nitrogens with zero attached hydrogens (tertiary/aromatic N) is 2. The fourth-order valence-corrected chi connectivity index (χ4v) is 3.95.